The standard InChI is InChI=1S/C10H17NO4/c1-6(12)11-4-7(13)9-8(5-11)14-10(2,3)15-9/h7-9,13H,4-5H2,1-3H3/t7-,8+,9-/m1/s1. The van der Waals surface area contributed by atoms with E-state index in [1.165, 1.54) is 6.92 Å². The van der Waals surface area contributed by atoms with Crippen molar-refractivity contribution in [2.24, 2.45) is 0 Å². The summed E-state index contributed by atoms with van der Waals surface area (Å²) in [6, 6.07) is 0. The Morgan fingerprint density at radius 2 is 2.07 bits per heavy atom. The van der Waals surface area contributed by atoms with Crippen LogP contribution < -0.4 is 0 Å². The number of amides is 1. The minimum atomic E-state index is -0.664. The predicted octanol–water partition coefficient (Wildman–Crippen LogP) is -0.271. The van der Waals surface area contributed by atoms with Crippen LogP contribution in [0.5, 0.6) is 0 Å². The topological polar surface area (TPSA) is 59.0 Å². The second kappa shape index (κ2) is 3.43. The second-order valence-corrected chi connectivity index (χ2v) is 4.63. The summed E-state index contributed by atoms with van der Waals surface area (Å²) in [4.78, 5) is 12.8. The highest BCUT2D eigenvalue weighted by Crippen LogP contribution is 2.33. The number of hydrogen-bond donors (Lipinski definition) is 1. The zero-order valence-electron chi connectivity index (χ0n) is 9.27. The van der Waals surface area contributed by atoms with E-state index in [9.17, 15) is 9.90 Å². The smallest absolute Gasteiger partial charge is 0.219 e. The van der Waals surface area contributed by atoms with Crippen molar-refractivity contribution in [2.45, 2.75) is 44.9 Å². The van der Waals surface area contributed by atoms with Gasteiger partial charge in [-0.15, -0.1) is 0 Å². The maximum Gasteiger partial charge on any atom is 0.219 e. The van der Waals surface area contributed by atoms with Crippen molar-refractivity contribution in [3.8, 4) is 0 Å². The van der Waals surface area contributed by atoms with Crippen LogP contribution in [-0.2, 0) is 14.3 Å². The van der Waals surface area contributed by atoms with Crippen LogP contribution in [0.1, 0.15) is 20.8 Å². The minimum absolute atomic E-state index is 0.0409. The molecule has 0 unspecified atom stereocenters. The molecule has 15 heavy (non-hydrogen) atoms. The Labute approximate surface area is 89.0 Å². The largest absolute Gasteiger partial charge is 0.388 e. The van der Waals surface area contributed by atoms with Gasteiger partial charge in [-0.3, -0.25) is 4.79 Å². The van der Waals surface area contributed by atoms with E-state index >= 15 is 0 Å². The molecule has 2 saturated heterocycles. The third kappa shape index (κ3) is 2.00. The first-order valence-electron chi connectivity index (χ1n) is 5.18. The van der Waals surface area contributed by atoms with E-state index in [0.29, 0.717) is 13.1 Å². The number of carbonyl (C=O) groups is 1. The molecule has 1 amide bonds. The van der Waals surface area contributed by atoms with Crippen molar-refractivity contribution in [2.75, 3.05) is 13.1 Å². The Morgan fingerprint density at radius 1 is 1.40 bits per heavy atom. The predicted molar refractivity (Wildman–Crippen MR) is 52.1 cm³/mol. The molecule has 0 spiro atoms. The number of nitrogens with zero attached hydrogens (tertiary/aromatic N) is 1. The highest BCUT2D eigenvalue weighted by atomic mass is 16.8. The van der Waals surface area contributed by atoms with E-state index in [0.717, 1.165) is 0 Å². The zero-order chi connectivity index (χ0) is 11.2. The number of piperidine rings is 1. The van der Waals surface area contributed by atoms with Crippen molar-refractivity contribution < 1.29 is 19.4 Å². The van der Waals surface area contributed by atoms with Gasteiger partial charge < -0.3 is 19.5 Å². The number of aliphatic hydroxyl groups excluding tert-OH is 1. The fourth-order valence-electron chi connectivity index (χ4n) is 2.21. The van der Waals surface area contributed by atoms with Crippen LogP contribution in [0.15, 0.2) is 0 Å². The first-order valence-corrected chi connectivity index (χ1v) is 5.18. The quantitative estimate of drug-likeness (QED) is 0.604. The molecule has 5 nitrogen and oxygen atoms in total. The molecule has 2 heterocycles. The highest BCUT2D eigenvalue weighted by molar-refractivity contribution is 5.73. The number of likely N-dealkylation sites (tertiary alicyclic amines) is 1. The van der Waals surface area contributed by atoms with Crippen LogP contribution in [-0.4, -0.2) is 53.1 Å². The number of aliphatic hydroxyl groups is 1. The number of ether oxygens (including phenoxy) is 2. The first-order chi connectivity index (χ1) is 6.89. The molecule has 0 radical (unpaired) electrons. The third-order valence-corrected chi connectivity index (χ3v) is 2.85. The van der Waals surface area contributed by atoms with Gasteiger partial charge in [-0.1, -0.05) is 0 Å². The number of fused-ring (bicyclic) bond motifs is 1. The Bertz CT molecular complexity index is 279. The molecule has 0 saturated carbocycles. The van der Waals surface area contributed by atoms with Crippen LogP contribution in [0.4, 0.5) is 0 Å². The van der Waals surface area contributed by atoms with Gasteiger partial charge in [0.1, 0.15) is 18.3 Å². The average Bonchev–Trinajstić information content (AvgIpc) is 2.39. The summed E-state index contributed by atoms with van der Waals surface area (Å²) in [6.07, 6.45) is -1.18. The number of rotatable bonds is 0. The molecule has 0 aromatic heterocycles. The van der Waals surface area contributed by atoms with Crippen LogP contribution in [0, 0.1) is 0 Å². The maximum absolute atomic E-state index is 11.2. The first kappa shape index (κ1) is 10.9. The molecular formula is C10H17NO4. The molecule has 0 aliphatic carbocycles. The maximum atomic E-state index is 11.2. The van der Waals surface area contributed by atoms with E-state index in [1.54, 1.807) is 4.90 Å². The molecule has 1 N–H and O–H groups in total. The average molecular weight is 215 g/mol. The van der Waals surface area contributed by atoms with Crippen LogP contribution in [0.25, 0.3) is 0 Å². The van der Waals surface area contributed by atoms with Gasteiger partial charge in [0, 0.05) is 20.0 Å². The van der Waals surface area contributed by atoms with Crippen molar-refractivity contribution in [3.05, 3.63) is 0 Å². The lowest BCUT2D eigenvalue weighted by Crippen LogP contribution is -2.55. The third-order valence-electron chi connectivity index (χ3n) is 2.85. The van der Waals surface area contributed by atoms with Crippen LogP contribution >= 0.6 is 0 Å². The minimum Gasteiger partial charge on any atom is -0.388 e. The fourth-order valence-corrected chi connectivity index (χ4v) is 2.21. The van der Waals surface area contributed by atoms with Crippen molar-refractivity contribution in [1.82, 2.24) is 4.90 Å². The van der Waals surface area contributed by atoms with Crippen LogP contribution in [0.3, 0.4) is 0 Å². The molecule has 0 bridgehead atoms. The van der Waals surface area contributed by atoms with E-state index in [2.05, 4.69) is 0 Å². The molecule has 2 aliphatic rings. The number of carbonyl (C=O) groups excluding carboxylic acids is 1. The van der Waals surface area contributed by atoms with Crippen molar-refractivity contribution >= 4 is 5.91 Å². The Hall–Kier alpha value is -0.650. The van der Waals surface area contributed by atoms with Crippen molar-refractivity contribution in [1.29, 1.82) is 0 Å². The van der Waals surface area contributed by atoms with Crippen molar-refractivity contribution in [3.63, 3.8) is 0 Å². The van der Waals surface area contributed by atoms with Gasteiger partial charge in [0.2, 0.25) is 5.91 Å². The molecule has 0 aromatic rings. The summed E-state index contributed by atoms with van der Waals surface area (Å²) in [5, 5.41) is 9.83. The molecule has 3 atom stereocenters. The molecule has 86 valence electrons. The lowest BCUT2D eigenvalue weighted by Gasteiger charge is -2.35. The van der Waals surface area contributed by atoms with Gasteiger partial charge >= 0.3 is 0 Å². The number of hydrogen-bond acceptors (Lipinski definition) is 4. The molecule has 0 aromatic carbocycles. The van der Waals surface area contributed by atoms with Gasteiger partial charge in [-0.05, 0) is 13.8 Å². The van der Waals surface area contributed by atoms with Gasteiger partial charge in [-0.2, -0.15) is 0 Å². The number of β-amino-alcohol motifs (C(OH)–C–C–N with tert-alkyl or cyclic N) is 1. The van der Waals surface area contributed by atoms with E-state index in [1.807, 2.05) is 13.8 Å². The lowest BCUT2D eigenvalue weighted by molar-refractivity contribution is -0.152. The SMILES string of the molecule is CC(=O)N1C[C@@H](O)[C@H]2OC(C)(C)O[C@H]2C1. The van der Waals surface area contributed by atoms with E-state index < -0.39 is 11.9 Å². The summed E-state index contributed by atoms with van der Waals surface area (Å²) in [7, 11) is 0. The van der Waals surface area contributed by atoms with Gasteiger partial charge in [0.15, 0.2) is 5.79 Å². The van der Waals surface area contributed by atoms with Crippen LogP contribution in [0.2, 0.25) is 0 Å². The monoisotopic (exact) mass is 215 g/mol. The summed E-state index contributed by atoms with van der Waals surface area (Å²) in [5.41, 5.74) is 0. The molecule has 2 rings (SSSR count). The summed E-state index contributed by atoms with van der Waals surface area (Å²) in [5.74, 6) is -0.704. The van der Waals surface area contributed by atoms with E-state index in [4.69, 9.17) is 9.47 Å². The highest BCUT2D eigenvalue weighted by Gasteiger charge is 2.48. The molecule has 2 aliphatic heterocycles. The Kier molecular flexibility index (Phi) is 2.48. The van der Waals surface area contributed by atoms with Gasteiger partial charge in [-0.25, -0.2) is 0 Å². The Balaban J connectivity index is 2.10. The van der Waals surface area contributed by atoms with E-state index in [-0.39, 0.29) is 18.1 Å². The summed E-state index contributed by atoms with van der Waals surface area (Å²) < 4.78 is 11.2. The summed E-state index contributed by atoms with van der Waals surface area (Å²) in [6.45, 7) is 5.96. The molecule has 2 fully saturated rings. The van der Waals surface area contributed by atoms with Gasteiger partial charge in [0.05, 0.1) is 0 Å². The zero-order valence-corrected chi connectivity index (χ0v) is 9.27. The normalized spacial score (nSPS) is 38.9. The summed E-state index contributed by atoms with van der Waals surface area (Å²) >= 11 is 0. The lowest BCUT2D eigenvalue weighted by atomic mass is 10.0. The fraction of sp³-hybridized carbons (Fsp3) is 0.900. The second-order valence-electron chi connectivity index (χ2n) is 4.63. The Morgan fingerprint density at radius 3 is 2.67 bits per heavy atom. The molecule has 5 heteroatoms. The molecular weight excluding hydrogens is 198 g/mol. The van der Waals surface area contributed by atoms with Gasteiger partial charge in [0.25, 0.3) is 0 Å².